The number of rotatable bonds is 2. The van der Waals surface area contributed by atoms with Gasteiger partial charge in [-0.05, 0) is 18.1 Å². The Bertz CT molecular complexity index is 560. The van der Waals surface area contributed by atoms with Gasteiger partial charge in [-0.15, -0.1) is 0 Å². The van der Waals surface area contributed by atoms with Gasteiger partial charge in [0.2, 0.25) is 0 Å². The van der Waals surface area contributed by atoms with Gasteiger partial charge >= 0.3 is 5.97 Å². The van der Waals surface area contributed by atoms with Crippen LogP contribution in [0.1, 0.15) is 35.9 Å². The molecule has 0 bridgehead atoms. The number of aromatic carboxylic acids is 1. The van der Waals surface area contributed by atoms with E-state index in [9.17, 15) is 4.79 Å². The molecular weight excluding hydrogens is 228 g/mol. The predicted molar refractivity (Wildman–Crippen MR) is 61.3 cm³/mol. The first-order valence-electron chi connectivity index (χ1n) is 4.92. The highest BCUT2D eigenvalue weighted by Crippen LogP contribution is 2.25. The van der Waals surface area contributed by atoms with Gasteiger partial charge in [0.05, 0.1) is 10.7 Å². The van der Waals surface area contributed by atoms with Gasteiger partial charge in [-0.25, -0.2) is 9.78 Å². The van der Waals surface area contributed by atoms with E-state index in [1.807, 2.05) is 13.8 Å². The predicted octanol–water partition coefficient (Wildman–Crippen LogP) is 2.81. The second-order valence-electron chi connectivity index (χ2n) is 3.86. The summed E-state index contributed by atoms with van der Waals surface area (Å²) < 4.78 is 1.73. The van der Waals surface area contributed by atoms with Crippen LogP contribution in [0.4, 0.5) is 0 Å². The molecular formula is C11H11ClN2O2. The molecule has 16 heavy (non-hydrogen) atoms. The Morgan fingerprint density at radius 1 is 1.56 bits per heavy atom. The SMILES string of the molecule is CC(C)c1c(C(=O)O)nc2c(Cl)cccn12. The number of hydrogen-bond acceptors (Lipinski definition) is 2. The summed E-state index contributed by atoms with van der Waals surface area (Å²) in [7, 11) is 0. The Hall–Kier alpha value is -1.55. The Kier molecular flexibility index (Phi) is 2.59. The molecule has 0 saturated carbocycles. The van der Waals surface area contributed by atoms with Gasteiger partial charge in [-0.3, -0.25) is 0 Å². The molecule has 0 aliphatic carbocycles. The molecule has 1 N–H and O–H groups in total. The number of halogens is 1. The molecule has 84 valence electrons. The average Bonchev–Trinajstić information content (AvgIpc) is 2.58. The van der Waals surface area contributed by atoms with Crippen LogP contribution >= 0.6 is 11.6 Å². The van der Waals surface area contributed by atoms with E-state index in [1.54, 1.807) is 22.7 Å². The zero-order valence-corrected chi connectivity index (χ0v) is 9.69. The summed E-state index contributed by atoms with van der Waals surface area (Å²) in [4.78, 5) is 15.2. The molecule has 4 nitrogen and oxygen atoms in total. The van der Waals surface area contributed by atoms with Crippen LogP contribution in [-0.4, -0.2) is 20.5 Å². The van der Waals surface area contributed by atoms with Crippen molar-refractivity contribution < 1.29 is 9.90 Å². The van der Waals surface area contributed by atoms with Gasteiger partial charge in [-0.1, -0.05) is 25.4 Å². The van der Waals surface area contributed by atoms with Gasteiger partial charge in [0.15, 0.2) is 11.3 Å². The summed E-state index contributed by atoms with van der Waals surface area (Å²) in [5.41, 5.74) is 1.23. The lowest BCUT2D eigenvalue weighted by atomic mass is 10.1. The summed E-state index contributed by atoms with van der Waals surface area (Å²) >= 11 is 5.98. The molecule has 0 unspecified atom stereocenters. The monoisotopic (exact) mass is 238 g/mol. The summed E-state index contributed by atoms with van der Waals surface area (Å²) in [6, 6.07) is 3.47. The van der Waals surface area contributed by atoms with Gasteiger partial charge in [0.1, 0.15) is 0 Å². The molecule has 0 atom stereocenters. The molecule has 0 fully saturated rings. The van der Waals surface area contributed by atoms with E-state index in [-0.39, 0.29) is 11.6 Å². The smallest absolute Gasteiger partial charge is 0.356 e. The number of carboxylic acids is 1. The number of hydrogen-bond donors (Lipinski definition) is 1. The molecule has 0 spiro atoms. The third-order valence-electron chi connectivity index (χ3n) is 2.39. The van der Waals surface area contributed by atoms with Crippen molar-refractivity contribution in [3.8, 4) is 0 Å². The summed E-state index contributed by atoms with van der Waals surface area (Å²) in [6.45, 7) is 3.85. The molecule has 2 aromatic heterocycles. The van der Waals surface area contributed by atoms with E-state index in [4.69, 9.17) is 16.7 Å². The van der Waals surface area contributed by atoms with E-state index in [2.05, 4.69) is 4.98 Å². The van der Waals surface area contributed by atoms with Crippen molar-refractivity contribution in [1.82, 2.24) is 9.38 Å². The fourth-order valence-electron chi connectivity index (χ4n) is 1.76. The van der Waals surface area contributed by atoms with Crippen molar-refractivity contribution in [2.75, 3.05) is 0 Å². The van der Waals surface area contributed by atoms with Crippen molar-refractivity contribution in [3.63, 3.8) is 0 Å². The minimum atomic E-state index is -1.02. The average molecular weight is 239 g/mol. The number of aromatic nitrogens is 2. The number of carbonyl (C=O) groups is 1. The lowest BCUT2D eigenvalue weighted by Crippen LogP contribution is -2.04. The highest BCUT2D eigenvalue weighted by molar-refractivity contribution is 6.33. The van der Waals surface area contributed by atoms with E-state index in [0.29, 0.717) is 16.4 Å². The summed E-state index contributed by atoms with van der Waals surface area (Å²) in [6.07, 6.45) is 1.77. The number of pyridine rings is 1. The van der Waals surface area contributed by atoms with Crippen LogP contribution in [0.15, 0.2) is 18.3 Å². The van der Waals surface area contributed by atoms with Crippen LogP contribution < -0.4 is 0 Å². The van der Waals surface area contributed by atoms with Crippen molar-refractivity contribution >= 4 is 23.2 Å². The molecule has 0 amide bonds. The second-order valence-corrected chi connectivity index (χ2v) is 4.26. The first-order valence-corrected chi connectivity index (χ1v) is 5.30. The largest absolute Gasteiger partial charge is 0.476 e. The van der Waals surface area contributed by atoms with Crippen LogP contribution in [0.3, 0.4) is 0 Å². The second kappa shape index (κ2) is 3.79. The van der Waals surface area contributed by atoms with Gasteiger partial charge in [-0.2, -0.15) is 0 Å². The Labute approximate surface area is 97.5 Å². The maximum absolute atomic E-state index is 11.1. The molecule has 0 aromatic carbocycles. The third kappa shape index (κ3) is 1.55. The van der Waals surface area contributed by atoms with Crippen LogP contribution in [0.5, 0.6) is 0 Å². The molecule has 2 aromatic rings. The fourth-order valence-corrected chi connectivity index (χ4v) is 1.97. The van der Waals surface area contributed by atoms with E-state index >= 15 is 0 Å². The molecule has 2 heterocycles. The molecule has 2 rings (SSSR count). The maximum Gasteiger partial charge on any atom is 0.356 e. The molecule has 5 heteroatoms. The van der Waals surface area contributed by atoms with Crippen molar-refractivity contribution in [2.24, 2.45) is 0 Å². The number of imidazole rings is 1. The maximum atomic E-state index is 11.1. The standard InChI is InChI=1S/C11H11ClN2O2/c1-6(2)9-8(11(15)16)13-10-7(12)4-3-5-14(9)10/h3-6H,1-2H3,(H,15,16). The highest BCUT2D eigenvalue weighted by Gasteiger charge is 2.21. The lowest BCUT2D eigenvalue weighted by Gasteiger charge is -2.06. The number of carboxylic acid groups (broad SMARTS) is 1. The quantitative estimate of drug-likeness (QED) is 0.875. The van der Waals surface area contributed by atoms with Crippen LogP contribution in [0, 0.1) is 0 Å². The topological polar surface area (TPSA) is 54.6 Å². The Morgan fingerprint density at radius 2 is 2.25 bits per heavy atom. The van der Waals surface area contributed by atoms with E-state index < -0.39 is 5.97 Å². The minimum Gasteiger partial charge on any atom is -0.476 e. The third-order valence-corrected chi connectivity index (χ3v) is 2.68. The molecule has 0 aliphatic rings. The zero-order chi connectivity index (χ0) is 11.9. The van der Waals surface area contributed by atoms with Gasteiger partial charge < -0.3 is 9.51 Å². The van der Waals surface area contributed by atoms with Crippen LogP contribution in [0.2, 0.25) is 5.02 Å². The molecule has 0 saturated heterocycles. The van der Waals surface area contributed by atoms with Crippen LogP contribution in [-0.2, 0) is 0 Å². The van der Waals surface area contributed by atoms with E-state index in [0.717, 1.165) is 0 Å². The Balaban J connectivity index is 2.86. The Morgan fingerprint density at radius 3 is 2.81 bits per heavy atom. The summed E-state index contributed by atoms with van der Waals surface area (Å²) in [5.74, 6) is -0.956. The number of nitrogens with zero attached hydrogens (tertiary/aromatic N) is 2. The fraction of sp³-hybridized carbons (Fsp3) is 0.273. The van der Waals surface area contributed by atoms with Gasteiger partial charge in [0, 0.05) is 6.20 Å². The number of fused-ring (bicyclic) bond motifs is 1. The van der Waals surface area contributed by atoms with Gasteiger partial charge in [0.25, 0.3) is 0 Å². The first-order chi connectivity index (χ1) is 7.52. The molecule has 0 aliphatic heterocycles. The zero-order valence-electron chi connectivity index (χ0n) is 8.94. The minimum absolute atomic E-state index is 0.0690. The molecule has 0 radical (unpaired) electrons. The van der Waals surface area contributed by atoms with Crippen molar-refractivity contribution in [2.45, 2.75) is 19.8 Å². The lowest BCUT2D eigenvalue weighted by molar-refractivity contribution is 0.0689. The first kappa shape index (κ1) is 11.0. The summed E-state index contributed by atoms with van der Waals surface area (Å²) in [5, 5.41) is 9.54. The van der Waals surface area contributed by atoms with Crippen molar-refractivity contribution in [1.29, 1.82) is 0 Å². The highest BCUT2D eigenvalue weighted by atomic mass is 35.5. The normalized spacial score (nSPS) is 11.2. The van der Waals surface area contributed by atoms with E-state index in [1.165, 1.54) is 0 Å². The van der Waals surface area contributed by atoms with Crippen molar-refractivity contribution in [3.05, 3.63) is 34.7 Å². The van der Waals surface area contributed by atoms with Crippen LogP contribution in [0.25, 0.3) is 5.65 Å².